The Labute approximate surface area is 469 Å². The summed E-state index contributed by atoms with van der Waals surface area (Å²) in [7, 11) is 2.72. The Kier molecular flexibility index (Phi) is 22.1. The zero-order valence-corrected chi connectivity index (χ0v) is 46.2. The van der Waals surface area contributed by atoms with Crippen LogP contribution in [-0.4, -0.2) is 107 Å². The Morgan fingerprint density at radius 1 is 0.463 bits per heavy atom. The van der Waals surface area contributed by atoms with Crippen molar-refractivity contribution in [1.82, 2.24) is 29.4 Å². The molecule has 0 unspecified atom stereocenters. The van der Waals surface area contributed by atoms with Gasteiger partial charge in [0.15, 0.2) is 0 Å². The molecule has 24 heteroatoms. The van der Waals surface area contributed by atoms with Gasteiger partial charge in [0.25, 0.3) is 0 Å². The van der Waals surface area contributed by atoms with E-state index in [9.17, 15) is 71.1 Å². The van der Waals surface area contributed by atoms with Gasteiger partial charge in [-0.05, 0) is 185 Å². The molecule has 0 radical (unpaired) electrons. The molecule has 0 saturated carbocycles. The average Bonchev–Trinajstić information content (AvgIpc) is 3.37. The van der Waals surface area contributed by atoms with Crippen LogP contribution < -0.4 is 0 Å². The van der Waals surface area contributed by atoms with Crippen LogP contribution in [0.5, 0.6) is 0 Å². The van der Waals surface area contributed by atoms with E-state index in [0.29, 0.717) is 74.2 Å². The number of hydrogen-bond donors (Lipinski definition) is 0. The van der Waals surface area contributed by atoms with E-state index < -0.39 is 95.8 Å². The fraction of sp³-hybridized carbons (Fsp3) is 0.536. The lowest BCUT2D eigenvalue weighted by Crippen LogP contribution is -2.52. The van der Waals surface area contributed by atoms with E-state index >= 15 is 0 Å². The first-order valence-corrected chi connectivity index (χ1v) is 26.1. The minimum absolute atomic E-state index is 0. The van der Waals surface area contributed by atoms with E-state index in [-0.39, 0.29) is 60.2 Å². The van der Waals surface area contributed by atoms with Gasteiger partial charge in [0.05, 0.1) is 34.3 Å². The van der Waals surface area contributed by atoms with Crippen LogP contribution in [0, 0.1) is 25.5 Å². The fourth-order valence-electron chi connectivity index (χ4n) is 11.5. The third-order valence-corrected chi connectivity index (χ3v) is 15.4. The minimum atomic E-state index is -4.97. The quantitative estimate of drug-likeness (QED) is 0.165. The zero-order valence-electron chi connectivity index (χ0n) is 44.6. The number of halogens is 16. The number of likely N-dealkylation sites (tertiary alicyclic amines) is 4. The maximum atomic E-state index is 13.9. The van der Waals surface area contributed by atoms with Gasteiger partial charge in [-0.2, -0.15) is 52.7 Å². The van der Waals surface area contributed by atoms with Gasteiger partial charge in [-0.25, -0.2) is 18.4 Å². The molecule has 4 heterocycles. The average molecular weight is 1190 g/mol. The molecular weight excluding hydrogens is 1130 g/mol. The first-order valence-electron chi connectivity index (χ1n) is 26.1. The molecule has 4 fully saturated rings. The van der Waals surface area contributed by atoms with Gasteiger partial charge < -0.3 is 29.4 Å². The van der Waals surface area contributed by atoms with Gasteiger partial charge in [-0.1, -0.05) is 25.0 Å². The molecule has 4 saturated heterocycles. The number of carbonyl (C=O) groups is 2. The second-order valence-electron chi connectivity index (χ2n) is 21.1. The largest absolute Gasteiger partial charge is 0.416 e. The predicted molar refractivity (Wildman–Crippen MR) is 279 cm³/mol. The second-order valence-corrected chi connectivity index (χ2v) is 21.1. The molecule has 0 aromatic heterocycles. The number of nitrogens with zero attached hydrogens (tertiary/aromatic N) is 6. The summed E-state index contributed by atoms with van der Waals surface area (Å²) in [6, 6.07) is 10.1. The topological polar surface area (TPSA) is 53.6 Å². The van der Waals surface area contributed by atoms with Gasteiger partial charge in [0, 0.05) is 52.4 Å². The van der Waals surface area contributed by atoms with Crippen LogP contribution in [0.25, 0.3) is 0 Å². The van der Waals surface area contributed by atoms with Gasteiger partial charge in [-0.15, -0.1) is 24.8 Å². The standard InChI is InChI=1S/2C28H32F7N3O.2ClH/c2*1-18-12-22(29)6-7-24(18)25-16-23(37-9-4-3-5-10-37)8-11-38(25)26(39)36(2)17-19-13-20(27(30,31)32)15-21(14-19)28(33,34)35;;/h2*6-7,12-15,23,25H,3-5,8-11,16-17H2,1-2H3;2*1H/t2*23-,25-;;/m10../s1. The molecule has 4 atom stereocenters. The van der Waals surface area contributed by atoms with Crippen molar-refractivity contribution in [2.45, 2.75) is 140 Å². The molecule has 0 bridgehead atoms. The van der Waals surface area contributed by atoms with E-state index in [1.54, 1.807) is 35.8 Å². The molecule has 4 aromatic rings. The molecule has 0 spiro atoms. The highest BCUT2D eigenvalue weighted by Crippen LogP contribution is 2.42. The molecule has 0 aliphatic carbocycles. The second kappa shape index (κ2) is 26.9. The summed E-state index contributed by atoms with van der Waals surface area (Å²) in [5, 5.41) is 0. The molecule has 8 rings (SSSR count). The van der Waals surface area contributed by atoms with Crippen molar-refractivity contribution in [3.05, 3.63) is 140 Å². The smallest absolute Gasteiger partial charge is 0.323 e. The summed E-state index contributed by atoms with van der Waals surface area (Å²) < 4.78 is 188. The van der Waals surface area contributed by atoms with Crippen LogP contribution in [0.2, 0.25) is 0 Å². The van der Waals surface area contributed by atoms with Crippen molar-refractivity contribution in [2.75, 3.05) is 53.4 Å². The number of hydrogen-bond acceptors (Lipinski definition) is 4. The normalized spacial score (nSPS) is 20.7. The van der Waals surface area contributed by atoms with Crippen LogP contribution in [0.1, 0.15) is 132 Å². The SMILES string of the molecule is Cc1cc(F)ccc1[C@@H]1C[C@@H](N2CCCCC2)CCN1C(=O)N(C)Cc1cc(C(F)(F)F)cc(C(F)(F)F)c1.Cc1cc(F)ccc1[C@H]1C[C@H](N2CCCCC2)CCN1C(=O)N(C)Cc1cc(C(F)(F)F)cc(C(F)(F)F)c1.Cl.Cl. The van der Waals surface area contributed by atoms with Gasteiger partial charge >= 0.3 is 36.8 Å². The maximum Gasteiger partial charge on any atom is 0.416 e. The Bertz CT molecular complexity index is 2480. The summed E-state index contributed by atoms with van der Waals surface area (Å²) in [6.07, 6.45) is -10.6. The summed E-state index contributed by atoms with van der Waals surface area (Å²) >= 11 is 0. The summed E-state index contributed by atoms with van der Waals surface area (Å²) in [6.45, 7) is 7.22. The summed E-state index contributed by atoms with van der Waals surface area (Å²) in [5.41, 5.74) is -3.33. The fourth-order valence-corrected chi connectivity index (χ4v) is 11.5. The Morgan fingerprint density at radius 2 is 0.762 bits per heavy atom. The van der Waals surface area contributed by atoms with Crippen LogP contribution in [0.3, 0.4) is 0 Å². The number of benzene rings is 4. The molecular formula is C56H66Cl2F14N6O2. The van der Waals surface area contributed by atoms with Gasteiger partial charge in [-0.3, -0.25) is 0 Å². The van der Waals surface area contributed by atoms with Crippen molar-refractivity contribution in [3.63, 3.8) is 0 Å². The Balaban J connectivity index is 0.000000287. The number of piperidine rings is 4. The highest BCUT2D eigenvalue weighted by molar-refractivity contribution is 5.85. The first-order chi connectivity index (χ1) is 36.5. The molecule has 4 amide bonds. The van der Waals surface area contributed by atoms with E-state index in [1.807, 2.05) is 0 Å². The van der Waals surface area contributed by atoms with Gasteiger partial charge in [0.1, 0.15) is 11.6 Å². The molecule has 4 aliphatic rings. The molecule has 4 aliphatic heterocycles. The van der Waals surface area contributed by atoms with Crippen molar-refractivity contribution >= 4 is 36.9 Å². The van der Waals surface area contributed by atoms with Gasteiger partial charge in [0.2, 0.25) is 0 Å². The van der Waals surface area contributed by atoms with Crippen LogP contribution in [-0.2, 0) is 37.8 Å². The van der Waals surface area contributed by atoms with E-state index in [0.717, 1.165) is 72.8 Å². The number of urea groups is 2. The highest BCUT2D eigenvalue weighted by Gasteiger charge is 2.42. The monoisotopic (exact) mass is 1190 g/mol. The zero-order chi connectivity index (χ0) is 57.1. The third kappa shape index (κ3) is 16.6. The number of aryl methyl sites for hydroxylation is 2. The van der Waals surface area contributed by atoms with Crippen molar-refractivity contribution in [3.8, 4) is 0 Å². The van der Waals surface area contributed by atoms with E-state index in [4.69, 9.17) is 0 Å². The Morgan fingerprint density at radius 3 is 1.04 bits per heavy atom. The maximum absolute atomic E-state index is 13.9. The molecule has 0 N–H and O–H groups in total. The minimum Gasteiger partial charge on any atom is -0.323 e. The van der Waals surface area contributed by atoms with Crippen LogP contribution in [0.4, 0.5) is 71.1 Å². The van der Waals surface area contributed by atoms with Crippen LogP contribution in [0.15, 0.2) is 72.8 Å². The molecule has 444 valence electrons. The number of alkyl halides is 12. The lowest BCUT2D eigenvalue weighted by atomic mass is 9.88. The lowest BCUT2D eigenvalue weighted by Gasteiger charge is -2.46. The number of rotatable bonds is 8. The lowest BCUT2D eigenvalue weighted by molar-refractivity contribution is -0.144. The van der Waals surface area contributed by atoms with Crippen molar-refractivity contribution < 1.29 is 71.1 Å². The van der Waals surface area contributed by atoms with Crippen molar-refractivity contribution in [1.29, 1.82) is 0 Å². The highest BCUT2D eigenvalue weighted by atomic mass is 35.5. The molecule has 4 aromatic carbocycles. The summed E-state index contributed by atoms with van der Waals surface area (Å²) in [5.74, 6) is -0.806. The third-order valence-electron chi connectivity index (χ3n) is 15.4. The van der Waals surface area contributed by atoms with Crippen molar-refractivity contribution in [2.24, 2.45) is 0 Å². The summed E-state index contributed by atoms with van der Waals surface area (Å²) in [4.78, 5) is 37.6. The number of amides is 4. The van der Waals surface area contributed by atoms with E-state index in [1.165, 1.54) is 51.2 Å². The molecule has 8 nitrogen and oxygen atoms in total. The number of carbonyl (C=O) groups excluding carboxylic acids is 2. The van der Waals surface area contributed by atoms with Crippen LogP contribution >= 0.6 is 24.8 Å². The Hall–Kier alpha value is -5.06. The van der Waals surface area contributed by atoms with E-state index in [2.05, 4.69) is 9.80 Å². The first kappa shape index (κ1) is 65.7. The molecule has 80 heavy (non-hydrogen) atoms. The predicted octanol–water partition coefficient (Wildman–Crippen LogP) is 15.7.